The van der Waals surface area contributed by atoms with E-state index in [2.05, 4.69) is 5.32 Å². The second-order valence-electron chi connectivity index (χ2n) is 11.9. The summed E-state index contributed by atoms with van der Waals surface area (Å²) in [6, 6.07) is 12.9. The lowest BCUT2D eigenvalue weighted by Gasteiger charge is -2.43. The van der Waals surface area contributed by atoms with Crippen LogP contribution in [0.5, 0.6) is 11.5 Å². The molecule has 230 valence electrons. The minimum absolute atomic E-state index is 0.00136. The first-order chi connectivity index (χ1) is 20.9. The lowest BCUT2D eigenvalue weighted by molar-refractivity contribution is -0.249. The molecule has 7 N–H and O–H groups in total. The van der Waals surface area contributed by atoms with Crippen LogP contribution in [0.4, 0.5) is 5.69 Å². The number of aliphatic hydroxyl groups is 2. The van der Waals surface area contributed by atoms with Gasteiger partial charge in [0.15, 0.2) is 23.6 Å². The van der Waals surface area contributed by atoms with Crippen LogP contribution in [-0.2, 0) is 27.2 Å². The number of Topliss-reactive ketones (excluding diaryl/α,β-unsaturated/α-hetero) is 1. The molecule has 0 bridgehead atoms. The zero-order chi connectivity index (χ0) is 31.5. The molecule has 44 heavy (non-hydrogen) atoms. The summed E-state index contributed by atoms with van der Waals surface area (Å²) in [5, 5.41) is 48.6. The number of nitrogen functional groups attached to an aromatic ring is 1. The van der Waals surface area contributed by atoms with E-state index in [1.54, 1.807) is 31.2 Å². The van der Waals surface area contributed by atoms with Gasteiger partial charge in [-0.15, -0.1) is 0 Å². The van der Waals surface area contributed by atoms with Crippen molar-refractivity contribution in [1.82, 2.24) is 5.32 Å². The number of carbonyl (C=O) groups excluding carboxylic acids is 3. The second-order valence-corrected chi connectivity index (χ2v) is 11.9. The number of ether oxygens (including phenoxy) is 2. The molecule has 1 heterocycles. The van der Waals surface area contributed by atoms with Gasteiger partial charge in [-0.05, 0) is 31.5 Å². The molecule has 6 rings (SSSR count). The van der Waals surface area contributed by atoms with Crippen molar-refractivity contribution in [3.05, 3.63) is 87.5 Å². The van der Waals surface area contributed by atoms with Crippen molar-refractivity contribution in [3.63, 3.8) is 0 Å². The largest absolute Gasteiger partial charge is 0.507 e. The summed E-state index contributed by atoms with van der Waals surface area (Å²) in [6.45, 7) is 3.31. The molecule has 11 nitrogen and oxygen atoms in total. The Hall–Kier alpha value is -4.13. The van der Waals surface area contributed by atoms with E-state index >= 15 is 0 Å². The Labute approximate surface area is 253 Å². The summed E-state index contributed by atoms with van der Waals surface area (Å²) < 4.78 is 12.3. The van der Waals surface area contributed by atoms with Crippen molar-refractivity contribution in [2.45, 2.75) is 75.9 Å². The Kier molecular flexibility index (Phi) is 7.55. The number of aliphatic hydroxyl groups excluding tert-OH is 1. The van der Waals surface area contributed by atoms with Gasteiger partial charge >= 0.3 is 0 Å². The van der Waals surface area contributed by atoms with Crippen LogP contribution in [0.2, 0.25) is 0 Å². The molecule has 0 unspecified atom stereocenters. The maximum absolute atomic E-state index is 13.5. The third-order valence-corrected chi connectivity index (χ3v) is 9.00. The van der Waals surface area contributed by atoms with Gasteiger partial charge in [-0.25, -0.2) is 0 Å². The average Bonchev–Trinajstić information content (AvgIpc) is 2.99. The van der Waals surface area contributed by atoms with Gasteiger partial charge in [-0.2, -0.15) is 0 Å². The number of nitrogens with two attached hydrogens (primary N) is 1. The highest BCUT2D eigenvalue weighted by atomic mass is 16.7. The summed E-state index contributed by atoms with van der Waals surface area (Å²) in [7, 11) is 0. The predicted octanol–water partition coefficient (Wildman–Crippen LogP) is 2.43. The van der Waals surface area contributed by atoms with Gasteiger partial charge in [0.05, 0.1) is 29.4 Å². The smallest absolute Gasteiger partial charge is 0.198 e. The Morgan fingerprint density at radius 3 is 2.27 bits per heavy atom. The van der Waals surface area contributed by atoms with Gasteiger partial charge in [0.2, 0.25) is 0 Å². The maximum atomic E-state index is 13.5. The molecule has 11 heteroatoms. The normalized spacial score (nSPS) is 27.8. The number of aromatic hydroxyl groups is 2. The monoisotopic (exact) mass is 602 g/mol. The number of phenols is 2. The molecule has 0 radical (unpaired) electrons. The average molecular weight is 603 g/mol. The molecule has 3 aliphatic rings. The van der Waals surface area contributed by atoms with E-state index in [0.717, 1.165) is 5.56 Å². The van der Waals surface area contributed by atoms with Crippen LogP contribution in [0.3, 0.4) is 0 Å². The van der Waals surface area contributed by atoms with Crippen molar-refractivity contribution < 1.29 is 44.3 Å². The minimum Gasteiger partial charge on any atom is -0.507 e. The SMILES string of the molecule is CC(=O)[C@]1(O)Cc2c(O)c3c(c(O)c2[C@@H](O[C@H]2C[C@H](NCc4ccc(N)cc4)[C@H](O)[C@H](C)O2)C1)C(=O)c1ccccc1C3=O. The second kappa shape index (κ2) is 11.1. The quantitative estimate of drug-likeness (QED) is 0.140. The van der Waals surface area contributed by atoms with Crippen LogP contribution in [-0.4, -0.2) is 67.9 Å². The van der Waals surface area contributed by atoms with Crippen molar-refractivity contribution in [2.24, 2.45) is 0 Å². The molecule has 2 aliphatic carbocycles. The van der Waals surface area contributed by atoms with Crippen LogP contribution >= 0.6 is 0 Å². The number of fused-ring (bicyclic) bond motifs is 3. The van der Waals surface area contributed by atoms with Crippen LogP contribution < -0.4 is 11.1 Å². The molecule has 1 saturated heterocycles. The number of phenolic OH excluding ortho intramolecular Hbond substituents is 2. The predicted molar refractivity (Wildman–Crippen MR) is 157 cm³/mol. The molecule has 6 atom stereocenters. The van der Waals surface area contributed by atoms with E-state index < -0.39 is 71.5 Å². The Balaban J connectivity index is 1.36. The van der Waals surface area contributed by atoms with Crippen LogP contribution in [0, 0.1) is 0 Å². The van der Waals surface area contributed by atoms with Crippen molar-refractivity contribution >= 4 is 23.0 Å². The molecule has 1 aliphatic heterocycles. The number of hydrogen-bond donors (Lipinski definition) is 6. The van der Waals surface area contributed by atoms with Crippen molar-refractivity contribution in [1.29, 1.82) is 0 Å². The molecule has 1 fully saturated rings. The Morgan fingerprint density at radius 1 is 1.05 bits per heavy atom. The molecule has 0 spiro atoms. The van der Waals surface area contributed by atoms with Crippen molar-refractivity contribution in [2.75, 3.05) is 5.73 Å². The highest BCUT2D eigenvalue weighted by Gasteiger charge is 2.49. The van der Waals surface area contributed by atoms with E-state index in [1.165, 1.54) is 19.1 Å². The fourth-order valence-electron chi connectivity index (χ4n) is 6.48. The van der Waals surface area contributed by atoms with Crippen LogP contribution in [0.15, 0.2) is 48.5 Å². The lowest BCUT2D eigenvalue weighted by Crippen LogP contribution is -2.54. The van der Waals surface area contributed by atoms with Crippen LogP contribution in [0.1, 0.15) is 81.3 Å². The first-order valence-electron chi connectivity index (χ1n) is 14.5. The van der Waals surface area contributed by atoms with E-state index in [0.29, 0.717) is 12.2 Å². The van der Waals surface area contributed by atoms with Gasteiger partial charge < -0.3 is 41.0 Å². The standard InChI is InChI=1S/C33H34N2O9/c1-15-28(37)22(35-14-17-7-9-18(34)10-8-17)11-24(43-15)44-23-13-33(42,16(2)36)12-21-25(23)32(41)27-26(31(21)40)29(38)19-5-3-4-6-20(19)30(27)39/h3-10,15,22-24,28,35,37,40-42H,11-14,34H2,1-2H3/t15-,22-,23-,24-,28+,33-/m0/s1. The number of carbonyl (C=O) groups is 3. The van der Waals surface area contributed by atoms with Gasteiger partial charge in [0, 0.05) is 59.8 Å². The summed E-state index contributed by atoms with van der Waals surface area (Å²) in [4.78, 5) is 39.7. The third-order valence-electron chi connectivity index (χ3n) is 9.00. The Morgan fingerprint density at radius 2 is 1.66 bits per heavy atom. The topological polar surface area (TPSA) is 189 Å². The molecule has 0 amide bonds. The van der Waals surface area contributed by atoms with E-state index in [9.17, 15) is 34.8 Å². The van der Waals surface area contributed by atoms with E-state index in [1.807, 2.05) is 12.1 Å². The fraction of sp³-hybridized carbons (Fsp3) is 0.364. The van der Waals surface area contributed by atoms with Gasteiger partial charge in [-0.3, -0.25) is 14.4 Å². The number of rotatable bonds is 6. The summed E-state index contributed by atoms with van der Waals surface area (Å²) >= 11 is 0. The molecule has 0 saturated carbocycles. The number of anilines is 1. The van der Waals surface area contributed by atoms with Crippen molar-refractivity contribution in [3.8, 4) is 11.5 Å². The molecular formula is C33H34N2O9. The summed E-state index contributed by atoms with van der Waals surface area (Å²) in [6.07, 6.45) is -4.29. The Bertz CT molecular complexity index is 1670. The van der Waals surface area contributed by atoms with Gasteiger partial charge in [0.25, 0.3) is 0 Å². The van der Waals surface area contributed by atoms with Gasteiger partial charge in [-0.1, -0.05) is 36.4 Å². The summed E-state index contributed by atoms with van der Waals surface area (Å²) in [5.41, 5.74) is 4.72. The molecular weight excluding hydrogens is 568 g/mol. The number of nitrogens with one attached hydrogen (secondary N) is 1. The summed E-state index contributed by atoms with van der Waals surface area (Å²) in [5.74, 6) is -3.05. The highest BCUT2D eigenvalue weighted by molar-refractivity contribution is 6.30. The zero-order valence-corrected chi connectivity index (χ0v) is 24.2. The number of benzene rings is 3. The maximum Gasteiger partial charge on any atom is 0.198 e. The molecule has 0 aromatic heterocycles. The third kappa shape index (κ3) is 4.96. The number of ketones is 3. The first kappa shape index (κ1) is 29.9. The molecule has 3 aromatic carbocycles. The number of hydrogen-bond acceptors (Lipinski definition) is 11. The fourth-order valence-corrected chi connectivity index (χ4v) is 6.48. The lowest BCUT2D eigenvalue weighted by atomic mass is 9.72. The van der Waals surface area contributed by atoms with Gasteiger partial charge in [0.1, 0.15) is 17.1 Å². The van der Waals surface area contributed by atoms with E-state index in [4.69, 9.17) is 15.2 Å². The van der Waals surface area contributed by atoms with Crippen LogP contribution in [0.25, 0.3) is 0 Å². The highest BCUT2D eigenvalue weighted by Crippen LogP contribution is 2.52. The first-order valence-corrected chi connectivity index (χ1v) is 14.5. The molecule has 3 aromatic rings. The zero-order valence-electron chi connectivity index (χ0n) is 24.2. The van der Waals surface area contributed by atoms with E-state index in [-0.39, 0.29) is 46.2 Å². The minimum atomic E-state index is -2.00.